The first-order valence-corrected chi connectivity index (χ1v) is 3.52. The van der Waals surface area contributed by atoms with E-state index in [4.69, 9.17) is 4.74 Å². The standard InChI is InChI=1S/C7H12O/c1-5-4-6-2-3-7(5)8-6/h5-7H,2-4H2,1H3/t5-,6+,7?/m1/s1. The third-order valence-electron chi connectivity index (χ3n) is 2.41. The van der Waals surface area contributed by atoms with Gasteiger partial charge in [0.2, 0.25) is 0 Å². The molecule has 2 aliphatic rings. The highest BCUT2D eigenvalue weighted by Crippen LogP contribution is 2.37. The third kappa shape index (κ3) is 0.510. The van der Waals surface area contributed by atoms with Gasteiger partial charge in [0.15, 0.2) is 0 Å². The van der Waals surface area contributed by atoms with Crippen molar-refractivity contribution in [3.05, 3.63) is 0 Å². The van der Waals surface area contributed by atoms with Gasteiger partial charge >= 0.3 is 0 Å². The molecule has 46 valence electrons. The predicted molar refractivity (Wildman–Crippen MR) is 31.7 cm³/mol. The summed E-state index contributed by atoms with van der Waals surface area (Å²) in [7, 11) is 0. The molecule has 0 N–H and O–H groups in total. The van der Waals surface area contributed by atoms with E-state index < -0.39 is 0 Å². The molecule has 0 radical (unpaired) electrons. The van der Waals surface area contributed by atoms with Gasteiger partial charge in [-0.05, 0) is 25.2 Å². The smallest absolute Gasteiger partial charge is 0.0606 e. The summed E-state index contributed by atoms with van der Waals surface area (Å²) in [5, 5.41) is 0. The Morgan fingerprint density at radius 2 is 2.25 bits per heavy atom. The van der Waals surface area contributed by atoms with Crippen LogP contribution in [0.5, 0.6) is 0 Å². The molecule has 0 aliphatic carbocycles. The van der Waals surface area contributed by atoms with Gasteiger partial charge in [-0.15, -0.1) is 0 Å². The highest BCUT2D eigenvalue weighted by molar-refractivity contribution is 4.86. The maximum atomic E-state index is 5.58. The lowest BCUT2D eigenvalue weighted by atomic mass is 9.91. The average Bonchev–Trinajstić information content (AvgIpc) is 2.23. The van der Waals surface area contributed by atoms with Crippen molar-refractivity contribution in [2.45, 2.75) is 38.4 Å². The summed E-state index contributed by atoms with van der Waals surface area (Å²) in [5.74, 6) is 0.855. The first-order valence-electron chi connectivity index (χ1n) is 3.52. The van der Waals surface area contributed by atoms with Crippen molar-refractivity contribution < 1.29 is 4.74 Å². The Balaban J connectivity index is 2.11. The molecule has 1 heteroatoms. The van der Waals surface area contributed by atoms with Crippen molar-refractivity contribution >= 4 is 0 Å². The van der Waals surface area contributed by atoms with Gasteiger partial charge in [-0.1, -0.05) is 6.92 Å². The van der Waals surface area contributed by atoms with E-state index in [-0.39, 0.29) is 0 Å². The Kier molecular flexibility index (Phi) is 0.884. The molecule has 2 fully saturated rings. The van der Waals surface area contributed by atoms with Gasteiger partial charge in [-0.3, -0.25) is 0 Å². The van der Waals surface area contributed by atoms with Gasteiger partial charge < -0.3 is 4.74 Å². The Hall–Kier alpha value is -0.0400. The molecule has 1 nitrogen and oxygen atoms in total. The fourth-order valence-electron chi connectivity index (χ4n) is 1.89. The van der Waals surface area contributed by atoms with Crippen LogP contribution in [0.25, 0.3) is 0 Å². The molecule has 2 heterocycles. The fourth-order valence-corrected chi connectivity index (χ4v) is 1.89. The van der Waals surface area contributed by atoms with Gasteiger partial charge in [0, 0.05) is 0 Å². The minimum atomic E-state index is 0.639. The van der Waals surface area contributed by atoms with E-state index in [0.29, 0.717) is 12.2 Å². The third-order valence-corrected chi connectivity index (χ3v) is 2.41. The quantitative estimate of drug-likeness (QED) is 0.462. The van der Waals surface area contributed by atoms with E-state index in [2.05, 4.69) is 6.92 Å². The molecule has 0 aromatic heterocycles. The normalized spacial score (nSPS) is 52.9. The number of hydrogen-bond acceptors (Lipinski definition) is 1. The van der Waals surface area contributed by atoms with Crippen molar-refractivity contribution in [2.75, 3.05) is 0 Å². The summed E-state index contributed by atoms with van der Waals surface area (Å²) < 4.78 is 5.58. The van der Waals surface area contributed by atoms with E-state index in [1.807, 2.05) is 0 Å². The fraction of sp³-hybridized carbons (Fsp3) is 1.00. The SMILES string of the molecule is C[C@@H]1C[C@@H]2CCC1O2. The van der Waals surface area contributed by atoms with Gasteiger partial charge in [0.05, 0.1) is 12.2 Å². The number of hydrogen-bond donors (Lipinski definition) is 0. The van der Waals surface area contributed by atoms with Crippen LogP contribution >= 0.6 is 0 Å². The van der Waals surface area contributed by atoms with Crippen LogP contribution in [0, 0.1) is 5.92 Å². The number of rotatable bonds is 0. The zero-order chi connectivity index (χ0) is 5.56. The Bertz CT molecular complexity index is 98.6. The van der Waals surface area contributed by atoms with Crippen molar-refractivity contribution in [3.8, 4) is 0 Å². The molecule has 3 atom stereocenters. The maximum Gasteiger partial charge on any atom is 0.0606 e. The van der Waals surface area contributed by atoms with E-state index >= 15 is 0 Å². The molecular formula is C7H12O. The molecule has 0 aromatic rings. The van der Waals surface area contributed by atoms with Crippen LogP contribution in [0.1, 0.15) is 26.2 Å². The first-order chi connectivity index (χ1) is 3.86. The topological polar surface area (TPSA) is 9.23 Å². The van der Waals surface area contributed by atoms with Crippen LogP contribution in [-0.2, 0) is 4.74 Å². The van der Waals surface area contributed by atoms with E-state index in [9.17, 15) is 0 Å². The molecule has 1 unspecified atom stereocenters. The summed E-state index contributed by atoms with van der Waals surface area (Å²) in [4.78, 5) is 0. The minimum absolute atomic E-state index is 0.639. The summed E-state index contributed by atoms with van der Waals surface area (Å²) >= 11 is 0. The van der Waals surface area contributed by atoms with E-state index in [1.165, 1.54) is 19.3 Å². The lowest BCUT2D eigenvalue weighted by Gasteiger charge is -2.11. The van der Waals surface area contributed by atoms with Crippen LogP contribution < -0.4 is 0 Å². The second-order valence-corrected chi connectivity index (χ2v) is 3.09. The van der Waals surface area contributed by atoms with Crippen LogP contribution in [-0.4, -0.2) is 12.2 Å². The van der Waals surface area contributed by atoms with Crippen molar-refractivity contribution in [1.29, 1.82) is 0 Å². The number of fused-ring (bicyclic) bond motifs is 2. The van der Waals surface area contributed by atoms with Crippen LogP contribution in [0.3, 0.4) is 0 Å². The monoisotopic (exact) mass is 112 g/mol. The first kappa shape index (κ1) is 4.80. The van der Waals surface area contributed by atoms with Crippen molar-refractivity contribution in [1.82, 2.24) is 0 Å². The molecule has 2 rings (SSSR count). The van der Waals surface area contributed by atoms with E-state index in [1.54, 1.807) is 0 Å². The second kappa shape index (κ2) is 1.47. The molecular weight excluding hydrogens is 100 g/mol. The molecule has 0 amide bonds. The summed E-state index contributed by atoms with van der Waals surface area (Å²) in [6.45, 7) is 2.30. The predicted octanol–water partition coefficient (Wildman–Crippen LogP) is 1.57. The van der Waals surface area contributed by atoms with Gasteiger partial charge in [0.1, 0.15) is 0 Å². The Morgan fingerprint density at radius 3 is 2.50 bits per heavy atom. The lowest BCUT2D eigenvalue weighted by molar-refractivity contribution is 0.0949. The largest absolute Gasteiger partial charge is 0.375 e. The Morgan fingerprint density at radius 1 is 1.38 bits per heavy atom. The van der Waals surface area contributed by atoms with Crippen LogP contribution in [0.15, 0.2) is 0 Å². The molecule has 2 saturated heterocycles. The average molecular weight is 112 g/mol. The minimum Gasteiger partial charge on any atom is -0.375 e. The highest BCUT2D eigenvalue weighted by atomic mass is 16.5. The van der Waals surface area contributed by atoms with E-state index in [0.717, 1.165) is 5.92 Å². The van der Waals surface area contributed by atoms with Gasteiger partial charge in [-0.2, -0.15) is 0 Å². The molecule has 2 aliphatic heterocycles. The Labute approximate surface area is 50.0 Å². The summed E-state index contributed by atoms with van der Waals surface area (Å²) in [6.07, 6.45) is 5.26. The van der Waals surface area contributed by atoms with Crippen LogP contribution in [0.4, 0.5) is 0 Å². The van der Waals surface area contributed by atoms with Gasteiger partial charge in [-0.25, -0.2) is 0 Å². The number of ether oxygens (including phenoxy) is 1. The lowest BCUT2D eigenvalue weighted by Crippen LogP contribution is -2.11. The van der Waals surface area contributed by atoms with Crippen LogP contribution in [0.2, 0.25) is 0 Å². The van der Waals surface area contributed by atoms with Crippen molar-refractivity contribution in [3.63, 3.8) is 0 Å². The molecule has 2 bridgehead atoms. The molecule has 0 aromatic carbocycles. The molecule has 0 spiro atoms. The highest BCUT2D eigenvalue weighted by Gasteiger charge is 2.37. The molecule has 8 heavy (non-hydrogen) atoms. The zero-order valence-corrected chi connectivity index (χ0v) is 5.26. The summed E-state index contributed by atoms with van der Waals surface area (Å²) in [5.41, 5.74) is 0. The van der Waals surface area contributed by atoms with Crippen molar-refractivity contribution in [2.24, 2.45) is 5.92 Å². The zero-order valence-electron chi connectivity index (χ0n) is 5.26. The maximum absolute atomic E-state index is 5.58. The molecule has 0 saturated carbocycles. The second-order valence-electron chi connectivity index (χ2n) is 3.09. The summed E-state index contributed by atoms with van der Waals surface area (Å²) in [6, 6.07) is 0. The van der Waals surface area contributed by atoms with Gasteiger partial charge in [0.25, 0.3) is 0 Å².